The van der Waals surface area contributed by atoms with Crippen LogP contribution < -0.4 is 0 Å². The second-order valence-electron chi connectivity index (χ2n) is 6.33. The predicted octanol–water partition coefficient (Wildman–Crippen LogP) is 3.46. The summed E-state index contributed by atoms with van der Waals surface area (Å²) in [6.45, 7) is 7.01. The van der Waals surface area contributed by atoms with Gasteiger partial charge >= 0.3 is 0 Å². The van der Waals surface area contributed by atoms with Gasteiger partial charge in [-0.25, -0.2) is 0 Å². The average Bonchev–Trinajstić information content (AvgIpc) is 2.88. The minimum Gasteiger partial charge on any atom is -0.335 e. The van der Waals surface area contributed by atoms with Crippen molar-refractivity contribution >= 4 is 29.0 Å². The Morgan fingerprint density at radius 3 is 2.85 bits per heavy atom. The van der Waals surface area contributed by atoms with Crippen LogP contribution in [-0.2, 0) is 5.41 Å². The van der Waals surface area contributed by atoms with Gasteiger partial charge < -0.3 is 4.90 Å². The van der Waals surface area contributed by atoms with Crippen molar-refractivity contribution in [2.75, 3.05) is 12.4 Å². The number of alkyl halides is 1. The molecule has 0 bridgehead atoms. The van der Waals surface area contributed by atoms with Crippen molar-refractivity contribution in [3.8, 4) is 0 Å². The van der Waals surface area contributed by atoms with Crippen LogP contribution in [0.1, 0.15) is 61.8 Å². The molecule has 1 atom stereocenters. The first-order chi connectivity index (χ1) is 9.45. The number of halogens is 1. The van der Waals surface area contributed by atoms with Crippen LogP contribution in [0.5, 0.6) is 0 Å². The molecule has 0 aliphatic carbocycles. The summed E-state index contributed by atoms with van der Waals surface area (Å²) < 4.78 is 3.99. The minimum absolute atomic E-state index is 0.0831. The Balaban J connectivity index is 2.24. The van der Waals surface area contributed by atoms with Gasteiger partial charge in [-0.15, -0.1) is 16.7 Å². The molecule has 0 radical (unpaired) electrons. The lowest BCUT2D eigenvalue weighted by Crippen LogP contribution is -2.44. The standard InChI is InChI=1S/C14H22ClN3OS/c1-14(2,3)12-11(20-17-16-12)13(19)18-9-5-4-6-10(18)7-8-15/h10H,4-9H2,1-3H3. The van der Waals surface area contributed by atoms with E-state index in [4.69, 9.17) is 11.6 Å². The first kappa shape index (κ1) is 15.7. The molecule has 1 unspecified atom stereocenters. The molecular weight excluding hydrogens is 294 g/mol. The average molecular weight is 316 g/mol. The van der Waals surface area contributed by atoms with Crippen LogP contribution in [0.15, 0.2) is 0 Å². The van der Waals surface area contributed by atoms with E-state index in [1.54, 1.807) is 0 Å². The normalized spacial score (nSPS) is 20.2. The second-order valence-corrected chi connectivity index (χ2v) is 7.46. The summed E-state index contributed by atoms with van der Waals surface area (Å²) in [5.41, 5.74) is 0.651. The van der Waals surface area contributed by atoms with Gasteiger partial charge in [0.2, 0.25) is 0 Å². The molecule has 112 valence electrons. The molecule has 0 aromatic carbocycles. The molecule has 1 aliphatic rings. The summed E-state index contributed by atoms with van der Waals surface area (Å²) in [7, 11) is 0. The van der Waals surface area contributed by atoms with Crippen LogP contribution in [0.25, 0.3) is 0 Å². The molecule has 1 fully saturated rings. The molecule has 0 saturated carbocycles. The number of carbonyl (C=O) groups excluding carboxylic acids is 1. The van der Waals surface area contributed by atoms with Crippen LogP contribution in [0.2, 0.25) is 0 Å². The van der Waals surface area contributed by atoms with Gasteiger partial charge in [-0.3, -0.25) is 4.79 Å². The Morgan fingerprint density at radius 1 is 1.45 bits per heavy atom. The fourth-order valence-corrected chi connectivity index (χ4v) is 3.73. The third-order valence-electron chi connectivity index (χ3n) is 3.72. The molecule has 1 aromatic rings. The quantitative estimate of drug-likeness (QED) is 0.802. The van der Waals surface area contributed by atoms with E-state index in [0.29, 0.717) is 10.8 Å². The highest BCUT2D eigenvalue weighted by Crippen LogP contribution is 2.29. The first-order valence-corrected chi connectivity index (χ1v) is 8.45. The van der Waals surface area contributed by atoms with E-state index in [1.807, 2.05) is 4.90 Å². The Morgan fingerprint density at radius 2 is 2.20 bits per heavy atom. The molecule has 1 aliphatic heterocycles. The number of aromatic nitrogens is 2. The lowest BCUT2D eigenvalue weighted by atomic mass is 9.90. The molecule has 0 spiro atoms. The lowest BCUT2D eigenvalue weighted by molar-refractivity contribution is 0.0611. The van der Waals surface area contributed by atoms with Crippen LogP contribution in [0.4, 0.5) is 0 Å². The van der Waals surface area contributed by atoms with Crippen molar-refractivity contribution in [3.63, 3.8) is 0 Å². The Hall–Kier alpha value is -0.680. The number of amides is 1. The highest BCUT2D eigenvalue weighted by atomic mass is 35.5. The Labute approximate surface area is 129 Å². The largest absolute Gasteiger partial charge is 0.335 e. The maximum absolute atomic E-state index is 12.8. The molecule has 1 aromatic heterocycles. The fraction of sp³-hybridized carbons (Fsp3) is 0.786. The summed E-state index contributed by atoms with van der Waals surface area (Å²) in [5, 5.41) is 4.17. The smallest absolute Gasteiger partial charge is 0.267 e. The topological polar surface area (TPSA) is 46.1 Å². The summed E-state index contributed by atoms with van der Waals surface area (Å²) in [6.07, 6.45) is 4.17. The van der Waals surface area contributed by atoms with Gasteiger partial charge in [-0.05, 0) is 37.2 Å². The molecule has 1 saturated heterocycles. The highest BCUT2D eigenvalue weighted by molar-refractivity contribution is 7.08. The molecule has 6 heteroatoms. The van der Waals surface area contributed by atoms with Crippen LogP contribution in [0.3, 0.4) is 0 Å². The van der Waals surface area contributed by atoms with Crippen molar-refractivity contribution in [3.05, 3.63) is 10.6 Å². The van der Waals surface area contributed by atoms with Crippen molar-refractivity contribution in [1.29, 1.82) is 0 Å². The zero-order chi connectivity index (χ0) is 14.8. The molecule has 2 heterocycles. The maximum atomic E-state index is 12.8. The van der Waals surface area contributed by atoms with E-state index in [2.05, 4.69) is 30.4 Å². The number of likely N-dealkylation sites (tertiary alicyclic amines) is 1. The SMILES string of the molecule is CC(C)(C)c1nnsc1C(=O)N1CCCCC1CCCl. The summed E-state index contributed by atoms with van der Waals surface area (Å²) in [4.78, 5) is 15.5. The monoisotopic (exact) mass is 315 g/mol. The van der Waals surface area contributed by atoms with Crippen LogP contribution >= 0.6 is 23.1 Å². The van der Waals surface area contributed by atoms with Crippen molar-refractivity contribution in [2.45, 2.75) is 57.9 Å². The lowest BCUT2D eigenvalue weighted by Gasteiger charge is -2.35. The third-order valence-corrected chi connectivity index (χ3v) is 4.66. The van der Waals surface area contributed by atoms with E-state index in [-0.39, 0.29) is 17.4 Å². The summed E-state index contributed by atoms with van der Waals surface area (Å²) >= 11 is 7.09. The Kier molecular flexibility index (Phi) is 5.02. The second kappa shape index (κ2) is 6.39. The van der Waals surface area contributed by atoms with E-state index in [9.17, 15) is 4.79 Å². The number of rotatable bonds is 3. The Bertz CT molecular complexity index is 467. The van der Waals surface area contributed by atoms with Gasteiger partial charge in [0.05, 0.1) is 5.69 Å². The van der Waals surface area contributed by atoms with Crippen molar-refractivity contribution < 1.29 is 4.79 Å². The summed E-state index contributed by atoms with van der Waals surface area (Å²) in [5.74, 6) is 0.682. The third kappa shape index (κ3) is 3.31. The van der Waals surface area contributed by atoms with E-state index in [0.717, 1.165) is 31.5 Å². The van der Waals surface area contributed by atoms with Crippen molar-refractivity contribution in [1.82, 2.24) is 14.5 Å². The summed E-state index contributed by atoms with van der Waals surface area (Å²) in [6, 6.07) is 0.267. The van der Waals surface area contributed by atoms with Crippen molar-refractivity contribution in [2.24, 2.45) is 0 Å². The molecule has 1 amide bonds. The fourth-order valence-electron chi connectivity index (χ4n) is 2.65. The van der Waals surface area contributed by atoms with E-state index >= 15 is 0 Å². The zero-order valence-electron chi connectivity index (χ0n) is 12.4. The maximum Gasteiger partial charge on any atom is 0.267 e. The molecular formula is C14H22ClN3OS. The minimum atomic E-state index is -0.157. The number of carbonyl (C=O) groups is 1. The zero-order valence-corrected chi connectivity index (χ0v) is 13.9. The number of piperidine rings is 1. The van der Waals surface area contributed by atoms with Crippen LogP contribution in [-0.4, -0.2) is 38.9 Å². The van der Waals surface area contributed by atoms with Gasteiger partial charge in [0, 0.05) is 23.9 Å². The van der Waals surface area contributed by atoms with Crippen LogP contribution in [0, 0.1) is 0 Å². The number of hydrogen-bond acceptors (Lipinski definition) is 4. The van der Waals surface area contributed by atoms with E-state index < -0.39 is 0 Å². The van der Waals surface area contributed by atoms with Gasteiger partial charge in [0.15, 0.2) is 0 Å². The molecule has 2 rings (SSSR count). The first-order valence-electron chi connectivity index (χ1n) is 7.15. The van der Waals surface area contributed by atoms with E-state index in [1.165, 1.54) is 18.0 Å². The molecule has 4 nitrogen and oxygen atoms in total. The van der Waals surface area contributed by atoms with Gasteiger partial charge in [0.25, 0.3) is 5.91 Å². The number of hydrogen-bond donors (Lipinski definition) is 0. The molecule has 20 heavy (non-hydrogen) atoms. The van der Waals surface area contributed by atoms with Gasteiger partial charge in [-0.2, -0.15) is 0 Å². The van der Waals surface area contributed by atoms with Gasteiger partial charge in [0.1, 0.15) is 4.88 Å². The highest BCUT2D eigenvalue weighted by Gasteiger charge is 2.33. The molecule has 0 N–H and O–H groups in total. The van der Waals surface area contributed by atoms with Gasteiger partial charge in [-0.1, -0.05) is 25.3 Å². The number of nitrogens with zero attached hydrogens (tertiary/aromatic N) is 3. The predicted molar refractivity (Wildman–Crippen MR) is 82.6 cm³/mol.